The smallest absolute Gasteiger partial charge is 0.430 e. The number of benzene rings is 1. The van der Waals surface area contributed by atoms with Gasteiger partial charge in [-0.2, -0.15) is 13.2 Å². The van der Waals surface area contributed by atoms with E-state index in [9.17, 15) is 23.1 Å². The number of fused-ring (bicyclic) bond motifs is 1. The van der Waals surface area contributed by atoms with E-state index in [0.717, 1.165) is 12.1 Å². The summed E-state index contributed by atoms with van der Waals surface area (Å²) in [5.74, 6) is -2.36. The highest BCUT2D eigenvalue weighted by Crippen LogP contribution is 2.40. The third-order valence-electron chi connectivity index (χ3n) is 2.58. The van der Waals surface area contributed by atoms with E-state index in [1.165, 1.54) is 6.07 Å². The Morgan fingerprint density at radius 3 is 2.65 bits per heavy atom. The largest absolute Gasteiger partial charge is 0.478 e. The Morgan fingerprint density at radius 1 is 1.50 bits per heavy atom. The number of hydrogen-bond donors (Lipinski definition) is 2. The van der Waals surface area contributed by atoms with Crippen molar-refractivity contribution >= 4 is 28.0 Å². The molecule has 1 aliphatic rings. The molecule has 108 valence electrons. The van der Waals surface area contributed by atoms with Gasteiger partial charge in [-0.15, -0.1) is 0 Å². The van der Waals surface area contributed by atoms with Crippen LogP contribution in [0.4, 0.5) is 13.2 Å². The molecule has 2 rings (SSSR count). The molecule has 1 atom stereocenters. The van der Waals surface area contributed by atoms with Crippen molar-refractivity contribution in [3.63, 3.8) is 0 Å². The van der Waals surface area contributed by atoms with Crippen LogP contribution in [0.15, 0.2) is 22.2 Å². The molecule has 20 heavy (non-hydrogen) atoms. The Balaban J connectivity index is 2.71. The average Bonchev–Trinajstić information content (AvgIpc) is 2.33. The predicted octanol–water partition coefficient (Wildman–Crippen LogP) is 2.73. The normalized spacial score (nSPS) is 20.2. The lowest BCUT2D eigenvalue weighted by molar-refractivity contribution is -0.187. The summed E-state index contributed by atoms with van der Waals surface area (Å²) in [4.78, 5) is 11.0. The SMILES string of the molecule is [2H]C([2H])(O)c1cc(Br)cc2c1OC(C(F)(F)F)C(C(=O)O)=C2. The minimum atomic E-state index is -5.01. The van der Waals surface area contributed by atoms with Crippen LogP contribution in [-0.4, -0.2) is 28.5 Å². The van der Waals surface area contributed by atoms with Crippen LogP contribution in [0.5, 0.6) is 5.75 Å². The molecule has 1 aromatic rings. The molecule has 0 aromatic heterocycles. The molecular formula is C12H8BrF3O4. The van der Waals surface area contributed by atoms with Gasteiger partial charge in [-0.1, -0.05) is 15.9 Å². The molecule has 1 aromatic carbocycles. The van der Waals surface area contributed by atoms with Gasteiger partial charge >= 0.3 is 12.1 Å². The number of aliphatic hydroxyl groups is 1. The molecule has 0 radical (unpaired) electrons. The molecule has 0 bridgehead atoms. The van der Waals surface area contributed by atoms with Gasteiger partial charge < -0.3 is 14.9 Å². The van der Waals surface area contributed by atoms with Crippen LogP contribution < -0.4 is 4.74 Å². The Hall–Kier alpha value is -1.54. The number of rotatable bonds is 2. The monoisotopic (exact) mass is 354 g/mol. The van der Waals surface area contributed by atoms with Crippen LogP contribution in [0.1, 0.15) is 13.9 Å². The van der Waals surface area contributed by atoms with Crippen molar-refractivity contribution in [2.24, 2.45) is 0 Å². The van der Waals surface area contributed by atoms with Gasteiger partial charge in [0.1, 0.15) is 5.75 Å². The molecule has 1 unspecified atom stereocenters. The zero-order valence-electron chi connectivity index (χ0n) is 11.5. The van der Waals surface area contributed by atoms with E-state index in [4.69, 9.17) is 7.85 Å². The van der Waals surface area contributed by atoms with Gasteiger partial charge in [-0.05, 0) is 18.2 Å². The van der Waals surface area contributed by atoms with Gasteiger partial charge in [0.15, 0.2) is 0 Å². The molecule has 0 saturated carbocycles. The van der Waals surface area contributed by atoms with Crippen molar-refractivity contribution in [2.45, 2.75) is 18.8 Å². The minimum absolute atomic E-state index is 0.0831. The summed E-state index contributed by atoms with van der Waals surface area (Å²) in [6, 6.07) is 2.33. The number of carboxylic acid groups (broad SMARTS) is 1. The number of hydrogen-bond acceptors (Lipinski definition) is 3. The lowest BCUT2D eigenvalue weighted by atomic mass is 9.99. The Kier molecular flexibility index (Phi) is 3.12. The van der Waals surface area contributed by atoms with Gasteiger partial charge in [0, 0.05) is 15.6 Å². The van der Waals surface area contributed by atoms with Gasteiger partial charge in [-0.25, -0.2) is 4.79 Å². The second-order valence-corrected chi connectivity index (χ2v) is 4.84. The molecule has 1 aliphatic heterocycles. The maximum atomic E-state index is 13.0. The Morgan fingerprint density at radius 2 is 2.15 bits per heavy atom. The van der Waals surface area contributed by atoms with Gasteiger partial charge in [0.2, 0.25) is 6.10 Å². The summed E-state index contributed by atoms with van der Waals surface area (Å²) >= 11 is 3.01. The van der Waals surface area contributed by atoms with E-state index in [1.807, 2.05) is 0 Å². The first kappa shape index (κ1) is 12.2. The van der Waals surface area contributed by atoms with Gasteiger partial charge in [-0.3, -0.25) is 0 Å². The van der Waals surface area contributed by atoms with Crippen LogP contribution in [0.25, 0.3) is 6.08 Å². The topological polar surface area (TPSA) is 66.8 Å². The van der Waals surface area contributed by atoms with Gasteiger partial charge in [0.05, 0.1) is 14.9 Å². The first-order valence-corrected chi connectivity index (χ1v) is 5.95. The summed E-state index contributed by atoms with van der Waals surface area (Å²) in [5, 5.41) is 18.4. The van der Waals surface area contributed by atoms with Crippen molar-refractivity contribution in [3.8, 4) is 5.75 Å². The first-order valence-electron chi connectivity index (χ1n) is 6.16. The lowest BCUT2D eigenvalue weighted by Crippen LogP contribution is -2.40. The van der Waals surface area contributed by atoms with Crippen molar-refractivity contribution in [1.82, 2.24) is 0 Å². The number of ether oxygens (including phenoxy) is 1. The van der Waals surface area contributed by atoms with E-state index in [1.54, 1.807) is 0 Å². The maximum absolute atomic E-state index is 13.0. The standard InChI is InChI=1S/C12H8BrF3O4/c13-7-1-5-3-8(11(18)19)10(12(14,15)16)20-9(5)6(2-7)4-17/h1-3,10,17H,4H2,(H,18,19)/i4D2. The first-order chi connectivity index (χ1) is 9.91. The number of aliphatic carboxylic acids is 1. The highest BCUT2D eigenvalue weighted by Gasteiger charge is 2.48. The maximum Gasteiger partial charge on any atom is 0.430 e. The summed E-state index contributed by atoms with van der Waals surface area (Å²) in [6.07, 6.45) is -7.01. The summed E-state index contributed by atoms with van der Waals surface area (Å²) < 4.78 is 58.3. The molecular weight excluding hydrogens is 345 g/mol. The lowest BCUT2D eigenvalue weighted by Gasteiger charge is -2.28. The molecule has 0 fully saturated rings. The third kappa shape index (κ3) is 2.66. The highest BCUT2D eigenvalue weighted by molar-refractivity contribution is 9.10. The fourth-order valence-electron chi connectivity index (χ4n) is 1.78. The van der Waals surface area contributed by atoms with Crippen molar-refractivity contribution in [3.05, 3.63) is 33.3 Å². The molecule has 0 saturated heterocycles. The molecule has 0 spiro atoms. The molecule has 0 aliphatic carbocycles. The molecule has 2 N–H and O–H groups in total. The fourth-order valence-corrected chi connectivity index (χ4v) is 2.25. The molecule has 4 nitrogen and oxygen atoms in total. The highest BCUT2D eigenvalue weighted by atomic mass is 79.9. The van der Waals surface area contributed by atoms with Crippen LogP contribution >= 0.6 is 15.9 Å². The molecule has 8 heteroatoms. The zero-order valence-corrected chi connectivity index (χ0v) is 11.1. The van der Waals surface area contributed by atoms with Crippen LogP contribution in [-0.2, 0) is 11.4 Å². The Labute approximate surface area is 122 Å². The van der Waals surface area contributed by atoms with Crippen LogP contribution in [0, 0.1) is 0 Å². The van der Waals surface area contributed by atoms with Crippen LogP contribution in [0.2, 0.25) is 0 Å². The molecule has 0 amide bonds. The second kappa shape index (κ2) is 5.10. The number of halogens is 4. The summed E-state index contributed by atoms with van der Waals surface area (Å²) in [6.45, 7) is -2.96. The van der Waals surface area contributed by atoms with Crippen LogP contribution in [0.3, 0.4) is 0 Å². The van der Waals surface area contributed by atoms with E-state index in [0.29, 0.717) is 0 Å². The third-order valence-corrected chi connectivity index (χ3v) is 3.03. The number of carboxylic acids is 1. The van der Waals surface area contributed by atoms with Crippen molar-refractivity contribution in [2.75, 3.05) is 0 Å². The zero-order chi connectivity index (χ0) is 16.9. The van der Waals surface area contributed by atoms with E-state index in [2.05, 4.69) is 20.7 Å². The Bertz CT molecular complexity index is 668. The van der Waals surface area contributed by atoms with Crippen molar-refractivity contribution in [1.29, 1.82) is 0 Å². The fraction of sp³-hybridized carbons (Fsp3) is 0.250. The second-order valence-electron chi connectivity index (χ2n) is 3.93. The van der Waals surface area contributed by atoms with Crippen molar-refractivity contribution < 1.29 is 35.7 Å². The number of alkyl halides is 3. The quantitative estimate of drug-likeness (QED) is 0.856. The van der Waals surface area contributed by atoms with E-state index in [-0.39, 0.29) is 10.0 Å². The summed E-state index contributed by atoms with van der Waals surface area (Å²) in [7, 11) is 0. The average molecular weight is 355 g/mol. The predicted molar refractivity (Wildman–Crippen MR) is 66.1 cm³/mol. The van der Waals surface area contributed by atoms with E-state index < -0.39 is 41.7 Å². The summed E-state index contributed by atoms with van der Waals surface area (Å²) in [5.41, 5.74) is -1.64. The number of carbonyl (C=O) groups is 1. The minimum Gasteiger partial charge on any atom is -0.478 e. The van der Waals surface area contributed by atoms with Gasteiger partial charge in [0.25, 0.3) is 0 Å². The van der Waals surface area contributed by atoms with E-state index >= 15 is 0 Å². The molecule has 1 heterocycles.